The number of nitrogens with one attached hydrogen (secondary N) is 1. The minimum Gasteiger partial charge on any atom is -0.468 e. The van der Waals surface area contributed by atoms with Gasteiger partial charge in [-0.05, 0) is 36.2 Å². The Bertz CT molecular complexity index is 746. The molecule has 0 bridgehead atoms. The van der Waals surface area contributed by atoms with Crippen LogP contribution in [-0.4, -0.2) is 17.4 Å². The molecule has 3 aromatic rings. The van der Waals surface area contributed by atoms with Crippen LogP contribution in [0.1, 0.15) is 42.9 Å². The lowest BCUT2D eigenvalue weighted by Gasteiger charge is -2.23. The number of furan rings is 2. The third-order valence-electron chi connectivity index (χ3n) is 4.40. The summed E-state index contributed by atoms with van der Waals surface area (Å²) in [4.78, 5) is 14.8. The Morgan fingerprint density at radius 1 is 0.963 bits per heavy atom. The van der Waals surface area contributed by atoms with Gasteiger partial charge in [-0.25, -0.2) is 0 Å². The highest BCUT2D eigenvalue weighted by molar-refractivity contribution is 5.78. The van der Waals surface area contributed by atoms with Crippen LogP contribution >= 0.6 is 0 Å². The Morgan fingerprint density at radius 3 is 2.11 bits per heavy atom. The number of hydrogen-bond donors (Lipinski definition) is 1. The minimum atomic E-state index is -0.00425. The summed E-state index contributed by atoms with van der Waals surface area (Å²) in [7, 11) is 0. The van der Waals surface area contributed by atoms with E-state index in [1.165, 1.54) is 0 Å². The molecule has 0 radical (unpaired) electrons. The summed E-state index contributed by atoms with van der Waals surface area (Å²) in [5, 5.41) is 3.18. The predicted octanol–water partition coefficient (Wildman–Crippen LogP) is 4.53. The van der Waals surface area contributed by atoms with Crippen molar-refractivity contribution in [1.29, 1.82) is 0 Å². The van der Waals surface area contributed by atoms with Gasteiger partial charge < -0.3 is 14.2 Å². The van der Waals surface area contributed by atoms with E-state index in [0.717, 1.165) is 29.9 Å². The number of rotatable bonds is 10. The van der Waals surface area contributed by atoms with Crippen molar-refractivity contribution in [3.63, 3.8) is 0 Å². The molecule has 0 saturated heterocycles. The fourth-order valence-electron chi connectivity index (χ4n) is 3.15. The van der Waals surface area contributed by atoms with Crippen molar-refractivity contribution in [3.05, 3.63) is 84.2 Å². The van der Waals surface area contributed by atoms with E-state index in [9.17, 15) is 4.79 Å². The first-order chi connectivity index (χ1) is 13.2. The van der Waals surface area contributed by atoms with E-state index in [-0.39, 0.29) is 18.5 Å². The van der Waals surface area contributed by atoms with E-state index in [2.05, 4.69) is 24.4 Å². The molecule has 0 saturated carbocycles. The van der Waals surface area contributed by atoms with Gasteiger partial charge in [0.25, 0.3) is 0 Å². The molecule has 1 N–H and O–H groups in total. The first-order valence-electron chi connectivity index (χ1n) is 9.36. The maximum Gasteiger partial charge on any atom is 0.234 e. The first kappa shape index (κ1) is 19.0. The summed E-state index contributed by atoms with van der Waals surface area (Å²) in [5.41, 5.74) is 1.14. The third-order valence-corrected chi connectivity index (χ3v) is 4.40. The molecule has 2 aromatic heterocycles. The Morgan fingerprint density at radius 2 is 1.59 bits per heavy atom. The van der Waals surface area contributed by atoms with Crippen LogP contribution in [0.3, 0.4) is 0 Å². The Hall–Kier alpha value is -2.79. The highest BCUT2D eigenvalue weighted by Crippen LogP contribution is 2.18. The van der Waals surface area contributed by atoms with Crippen LogP contribution in [0.4, 0.5) is 0 Å². The highest BCUT2D eigenvalue weighted by atomic mass is 16.3. The lowest BCUT2D eigenvalue weighted by Crippen LogP contribution is -2.38. The molecule has 0 aliphatic carbocycles. The molecule has 27 heavy (non-hydrogen) atoms. The van der Waals surface area contributed by atoms with Crippen molar-refractivity contribution in [2.75, 3.05) is 6.54 Å². The van der Waals surface area contributed by atoms with E-state index >= 15 is 0 Å². The average molecular weight is 366 g/mol. The van der Waals surface area contributed by atoms with Gasteiger partial charge in [0, 0.05) is 0 Å². The maximum absolute atomic E-state index is 12.8. The molecule has 0 aliphatic heterocycles. The molecule has 1 aromatic carbocycles. The van der Waals surface area contributed by atoms with Crippen LogP contribution in [0.2, 0.25) is 0 Å². The summed E-state index contributed by atoms with van der Waals surface area (Å²) in [6.07, 6.45) is 5.20. The van der Waals surface area contributed by atoms with Crippen LogP contribution in [0.15, 0.2) is 76.0 Å². The summed E-state index contributed by atoms with van der Waals surface area (Å²) in [6.45, 7) is 3.49. The average Bonchev–Trinajstić information content (AvgIpc) is 3.36. The van der Waals surface area contributed by atoms with Crippen molar-refractivity contribution in [2.45, 2.75) is 38.9 Å². The molecule has 3 rings (SSSR count). The highest BCUT2D eigenvalue weighted by Gasteiger charge is 2.18. The second-order valence-electron chi connectivity index (χ2n) is 6.62. The van der Waals surface area contributed by atoms with Crippen LogP contribution in [0.5, 0.6) is 0 Å². The van der Waals surface area contributed by atoms with Gasteiger partial charge in [-0.1, -0.05) is 43.7 Å². The van der Waals surface area contributed by atoms with Crippen molar-refractivity contribution < 1.29 is 13.6 Å². The van der Waals surface area contributed by atoms with Gasteiger partial charge in [0.05, 0.1) is 38.2 Å². The minimum absolute atomic E-state index is 0.00425. The zero-order chi connectivity index (χ0) is 18.9. The predicted molar refractivity (Wildman–Crippen MR) is 104 cm³/mol. The van der Waals surface area contributed by atoms with E-state index in [1.54, 1.807) is 12.5 Å². The zero-order valence-corrected chi connectivity index (χ0v) is 15.6. The molecule has 2 heterocycles. The topological polar surface area (TPSA) is 58.6 Å². The van der Waals surface area contributed by atoms with Gasteiger partial charge in [0.1, 0.15) is 11.5 Å². The Labute approximate surface area is 160 Å². The summed E-state index contributed by atoms with van der Waals surface area (Å²) < 4.78 is 10.9. The van der Waals surface area contributed by atoms with Crippen LogP contribution < -0.4 is 5.32 Å². The smallest absolute Gasteiger partial charge is 0.234 e. The lowest BCUT2D eigenvalue weighted by atomic mass is 10.0. The summed E-state index contributed by atoms with van der Waals surface area (Å²) >= 11 is 0. The molecule has 1 unspecified atom stereocenters. The number of hydrogen-bond acceptors (Lipinski definition) is 4. The standard InChI is InChI=1S/C22H26N2O3/c1-2-8-21(18-9-4-3-5-10-18)23-22(25)17-24(15-19-11-6-13-26-19)16-20-12-7-14-27-20/h3-7,9-14,21H,2,8,15-17H2,1H3,(H,23,25). The monoisotopic (exact) mass is 366 g/mol. The number of carbonyl (C=O) groups is 1. The Kier molecular flexibility index (Phi) is 6.88. The van der Waals surface area contributed by atoms with Crippen molar-refractivity contribution in [1.82, 2.24) is 10.2 Å². The molecular weight excluding hydrogens is 340 g/mol. The van der Waals surface area contributed by atoms with Gasteiger partial charge in [-0.15, -0.1) is 0 Å². The number of carbonyl (C=O) groups excluding carboxylic acids is 1. The molecule has 1 atom stereocenters. The Balaban J connectivity index is 1.65. The normalized spacial score (nSPS) is 12.2. The molecule has 0 aliphatic rings. The SMILES string of the molecule is CCCC(NC(=O)CN(Cc1ccco1)Cc1ccco1)c1ccccc1. The molecule has 5 heteroatoms. The third kappa shape index (κ3) is 5.86. The van der Waals surface area contributed by atoms with Crippen LogP contribution in [0.25, 0.3) is 0 Å². The molecule has 5 nitrogen and oxygen atoms in total. The van der Waals surface area contributed by atoms with Gasteiger partial charge in [-0.3, -0.25) is 9.69 Å². The number of benzene rings is 1. The van der Waals surface area contributed by atoms with Crippen LogP contribution in [-0.2, 0) is 17.9 Å². The van der Waals surface area contributed by atoms with E-state index in [0.29, 0.717) is 13.1 Å². The van der Waals surface area contributed by atoms with Gasteiger partial charge in [-0.2, -0.15) is 0 Å². The van der Waals surface area contributed by atoms with Gasteiger partial charge >= 0.3 is 0 Å². The number of nitrogens with zero attached hydrogens (tertiary/aromatic N) is 1. The fraction of sp³-hybridized carbons (Fsp3) is 0.318. The van der Waals surface area contributed by atoms with Crippen molar-refractivity contribution >= 4 is 5.91 Å². The van der Waals surface area contributed by atoms with E-state index in [4.69, 9.17) is 8.83 Å². The zero-order valence-electron chi connectivity index (χ0n) is 15.6. The molecule has 0 spiro atoms. The molecular formula is C22H26N2O3. The maximum atomic E-state index is 12.8. The van der Waals surface area contributed by atoms with E-state index < -0.39 is 0 Å². The van der Waals surface area contributed by atoms with E-state index in [1.807, 2.05) is 47.4 Å². The molecule has 0 fully saturated rings. The second kappa shape index (κ2) is 9.78. The lowest BCUT2D eigenvalue weighted by molar-refractivity contribution is -0.123. The molecule has 1 amide bonds. The summed E-state index contributed by atoms with van der Waals surface area (Å²) in [6, 6.07) is 17.7. The fourth-order valence-corrected chi connectivity index (χ4v) is 3.15. The molecule has 142 valence electrons. The number of amides is 1. The largest absolute Gasteiger partial charge is 0.468 e. The summed E-state index contributed by atoms with van der Waals surface area (Å²) in [5.74, 6) is 1.64. The van der Waals surface area contributed by atoms with Crippen molar-refractivity contribution in [3.8, 4) is 0 Å². The quantitative estimate of drug-likeness (QED) is 0.573. The van der Waals surface area contributed by atoms with Gasteiger partial charge in [0.2, 0.25) is 5.91 Å². The van der Waals surface area contributed by atoms with Crippen molar-refractivity contribution in [2.24, 2.45) is 0 Å². The van der Waals surface area contributed by atoms with Gasteiger partial charge in [0.15, 0.2) is 0 Å². The second-order valence-corrected chi connectivity index (χ2v) is 6.62. The first-order valence-corrected chi connectivity index (χ1v) is 9.36. The van der Waals surface area contributed by atoms with Crippen LogP contribution in [0, 0.1) is 0 Å².